The molecule has 0 radical (unpaired) electrons. The van der Waals surface area contributed by atoms with E-state index >= 15 is 0 Å². The number of carboxylic acids is 1. The third-order valence-corrected chi connectivity index (χ3v) is 2.95. The summed E-state index contributed by atoms with van der Waals surface area (Å²) in [6.45, 7) is 0. The molecule has 22 heavy (non-hydrogen) atoms. The first-order valence-corrected chi connectivity index (χ1v) is 6.17. The van der Waals surface area contributed by atoms with Crippen LogP contribution < -0.4 is 0 Å². The molecule has 0 heterocycles. The number of hydrogen-bond donors (Lipinski definition) is 1. The number of rotatable bonds is 3. The van der Waals surface area contributed by atoms with Crippen molar-refractivity contribution in [2.45, 2.75) is 6.18 Å². The van der Waals surface area contributed by atoms with E-state index in [2.05, 4.69) is 0 Å². The Kier molecular flexibility index (Phi) is 4.30. The summed E-state index contributed by atoms with van der Waals surface area (Å²) in [5, 5.41) is 8.64. The van der Waals surface area contributed by atoms with Crippen molar-refractivity contribution in [3.8, 4) is 11.1 Å². The van der Waals surface area contributed by atoms with Crippen LogP contribution in [0.1, 0.15) is 11.1 Å². The standard InChI is InChI=1S/C16H10F4O2/c17-13-7-2-1-5-11(13)15-10(8-9-14(21)22)4-3-6-12(15)16(18,19)20/h1-9H,(H,21,22)/b9-8+. The number of carboxylic acid groups (broad SMARTS) is 1. The maximum atomic E-state index is 13.9. The van der Waals surface area contributed by atoms with E-state index in [4.69, 9.17) is 5.11 Å². The molecular formula is C16H10F4O2. The number of aliphatic carboxylic acids is 1. The van der Waals surface area contributed by atoms with E-state index in [1.165, 1.54) is 24.3 Å². The molecule has 0 amide bonds. The molecule has 6 heteroatoms. The van der Waals surface area contributed by atoms with Gasteiger partial charge in [0.25, 0.3) is 0 Å². The summed E-state index contributed by atoms with van der Waals surface area (Å²) in [6.07, 6.45) is -2.97. The van der Waals surface area contributed by atoms with Crippen LogP contribution in [0.15, 0.2) is 48.5 Å². The summed E-state index contributed by atoms with van der Waals surface area (Å²) in [5.74, 6) is -2.12. The fraction of sp³-hybridized carbons (Fsp3) is 0.0625. The molecule has 2 rings (SSSR count). The zero-order chi connectivity index (χ0) is 16.3. The third kappa shape index (κ3) is 3.33. The minimum absolute atomic E-state index is 0.0256. The zero-order valence-corrected chi connectivity index (χ0v) is 11.1. The van der Waals surface area contributed by atoms with Crippen molar-refractivity contribution in [3.63, 3.8) is 0 Å². The number of benzene rings is 2. The zero-order valence-electron chi connectivity index (χ0n) is 11.1. The molecule has 0 atom stereocenters. The van der Waals surface area contributed by atoms with Crippen LogP contribution in [0.25, 0.3) is 17.2 Å². The second-order valence-corrected chi connectivity index (χ2v) is 4.42. The quantitative estimate of drug-likeness (QED) is 0.664. The molecule has 0 spiro atoms. The first-order valence-electron chi connectivity index (χ1n) is 6.17. The van der Waals surface area contributed by atoms with E-state index < -0.39 is 23.5 Å². The van der Waals surface area contributed by atoms with Crippen molar-refractivity contribution in [1.29, 1.82) is 0 Å². The highest BCUT2D eigenvalue weighted by Crippen LogP contribution is 2.40. The predicted octanol–water partition coefficient (Wildman–Crippen LogP) is 4.61. The largest absolute Gasteiger partial charge is 0.478 e. The summed E-state index contributed by atoms with van der Waals surface area (Å²) in [5.41, 5.74) is -1.67. The van der Waals surface area contributed by atoms with E-state index in [1.54, 1.807) is 0 Å². The molecule has 0 aliphatic carbocycles. The summed E-state index contributed by atoms with van der Waals surface area (Å²) >= 11 is 0. The van der Waals surface area contributed by atoms with Gasteiger partial charge in [0, 0.05) is 17.2 Å². The molecule has 0 aliphatic heterocycles. The van der Waals surface area contributed by atoms with Crippen molar-refractivity contribution < 1.29 is 27.5 Å². The van der Waals surface area contributed by atoms with Gasteiger partial charge in [0.1, 0.15) is 5.82 Å². The van der Waals surface area contributed by atoms with Crippen LogP contribution >= 0.6 is 0 Å². The second kappa shape index (κ2) is 6.01. The fourth-order valence-electron chi connectivity index (χ4n) is 2.07. The van der Waals surface area contributed by atoms with Gasteiger partial charge < -0.3 is 5.11 Å². The molecule has 2 nitrogen and oxygen atoms in total. The van der Waals surface area contributed by atoms with Crippen molar-refractivity contribution >= 4 is 12.0 Å². The number of carbonyl (C=O) groups is 1. The van der Waals surface area contributed by atoms with E-state index in [0.29, 0.717) is 6.08 Å². The van der Waals surface area contributed by atoms with Gasteiger partial charge in [0.15, 0.2) is 0 Å². The lowest BCUT2D eigenvalue weighted by Gasteiger charge is -2.16. The summed E-state index contributed by atoms with van der Waals surface area (Å²) in [6, 6.07) is 8.33. The fourth-order valence-corrected chi connectivity index (χ4v) is 2.07. The minimum Gasteiger partial charge on any atom is -0.478 e. The van der Waals surface area contributed by atoms with Crippen molar-refractivity contribution in [1.82, 2.24) is 0 Å². The summed E-state index contributed by atoms with van der Waals surface area (Å²) in [7, 11) is 0. The Balaban J connectivity index is 2.77. The van der Waals surface area contributed by atoms with Gasteiger partial charge in [0.05, 0.1) is 5.56 Å². The van der Waals surface area contributed by atoms with Crippen molar-refractivity contribution in [2.75, 3.05) is 0 Å². The molecule has 0 fully saturated rings. The highest BCUT2D eigenvalue weighted by Gasteiger charge is 2.34. The van der Waals surface area contributed by atoms with E-state index in [9.17, 15) is 22.4 Å². The van der Waals surface area contributed by atoms with Crippen LogP contribution in [-0.2, 0) is 11.0 Å². The van der Waals surface area contributed by atoms with E-state index in [1.807, 2.05) is 0 Å². The number of halogens is 4. The van der Waals surface area contributed by atoms with Gasteiger partial charge in [-0.3, -0.25) is 0 Å². The lowest BCUT2D eigenvalue weighted by atomic mass is 9.93. The Hall–Kier alpha value is -2.63. The average molecular weight is 310 g/mol. The third-order valence-electron chi connectivity index (χ3n) is 2.95. The summed E-state index contributed by atoms with van der Waals surface area (Å²) in [4.78, 5) is 10.6. The Bertz CT molecular complexity index is 733. The van der Waals surface area contributed by atoms with Crippen LogP contribution in [0.3, 0.4) is 0 Å². The van der Waals surface area contributed by atoms with Crippen LogP contribution in [-0.4, -0.2) is 11.1 Å². The first kappa shape index (κ1) is 15.8. The van der Waals surface area contributed by atoms with Gasteiger partial charge in [0.2, 0.25) is 0 Å². The van der Waals surface area contributed by atoms with E-state index in [-0.39, 0.29) is 16.7 Å². The van der Waals surface area contributed by atoms with Gasteiger partial charge >= 0.3 is 12.1 Å². The molecule has 114 valence electrons. The van der Waals surface area contributed by atoms with Crippen molar-refractivity contribution in [3.05, 3.63) is 65.5 Å². The average Bonchev–Trinajstić information content (AvgIpc) is 2.44. The van der Waals surface area contributed by atoms with E-state index in [0.717, 1.165) is 24.3 Å². The van der Waals surface area contributed by atoms with Gasteiger partial charge in [-0.05, 0) is 23.8 Å². The Labute approximate surface area is 123 Å². The molecule has 0 unspecified atom stereocenters. The lowest BCUT2D eigenvalue weighted by molar-refractivity contribution is -0.137. The molecule has 2 aromatic rings. The SMILES string of the molecule is O=C(O)/C=C/c1cccc(C(F)(F)F)c1-c1ccccc1F. The topological polar surface area (TPSA) is 37.3 Å². The minimum atomic E-state index is -4.69. The van der Waals surface area contributed by atoms with Crippen molar-refractivity contribution in [2.24, 2.45) is 0 Å². The second-order valence-electron chi connectivity index (χ2n) is 4.42. The first-order chi connectivity index (χ1) is 10.3. The van der Waals surface area contributed by atoms with Crippen LogP contribution in [0.5, 0.6) is 0 Å². The van der Waals surface area contributed by atoms with Crippen LogP contribution in [0.2, 0.25) is 0 Å². The lowest BCUT2D eigenvalue weighted by Crippen LogP contribution is -2.08. The smallest absolute Gasteiger partial charge is 0.417 e. The van der Waals surface area contributed by atoms with Crippen LogP contribution in [0, 0.1) is 5.82 Å². The Morgan fingerprint density at radius 2 is 1.73 bits per heavy atom. The maximum absolute atomic E-state index is 13.9. The molecule has 2 aromatic carbocycles. The molecule has 0 aliphatic rings. The normalized spacial score (nSPS) is 11.8. The number of alkyl halides is 3. The molecule has 0 bridgehead atoms. The Morgan fingerprint density at radius 3 is 2.32 bits per heavy atom. The highest BCUT2D eigenvalue weighted by atomic mass is 19.4. The molecule has 0 saturated carbocycles. The molecule has 0 aromatic heterocycles. The molecule has 1 N–H and O–H groups in total. The van der Waals surface area contributed by atoms with Gasteiger partial charge in [-0.25, -0.2) is 9.18 Å². The van der Waals surface area contributed by atoms with Gasteiger partial charge in [-0.15, -0.1) is 0 Å². The number of hydrogen-bond acceptors (Lipinski definition) is 1. The predicted molar refractivity (Wildman–Crippen MR) is 73.5 cm³/mol. The Morgan fingerprint density at radius 1 is 1.05 bits per heavy atom. The molecule has 0 saturated heterocycles. The summed E-state index contributed by atoms with van der Waals surface area (Å²) < 4.78 is 53.5. The maximum Gasteiger partial charge on any atom is 0.417 e. The van der Waals surface area contributed by atoms with Gasteiger partial charge in [-0.2, -0.15) is 13.2 Å². The molecular weight excluding hydrogens is 300 g/mol. The monoisotopic (exact) mass is 310 g/mol. The highest BCUT2D eigenvalue weighted by molar-refractivity contribution is 5.88. The van der Waals surface area contributed by atoms with Crippen LogP contribution in [0.4, 0.5) is 17.6 Å². The van der Waals surface area contributed by atoms with Gasteiger partial charge in [-0.1, -0.05) is 30.3 Å².